The molecule has 0 saturated carbocycles. The molecule has 0 radical (unpaired) electrons. The van der Waals surface area contributed by atoms with Gasteiger partial charge in [-0.15, -0.1) is 24.0 Å². The molecule has 140 valence electrons. The van der Waals surface area contributed by atoms with Crippen molar-refractivity contribution >= 4 is 29.9 Å². The molecule has 0 heterocycles. The summed E-state index contributed by atoms with van der Waals surface area (Å²) in [6.45, 7) is 19.4. The van der Waals surface area contributed by atoms with Gasteiger partial charge >= 0.3 is 0 Å². The fraction of sp³-hybridized carbons (Fsp3) is 0.941. The molecule has 0 saturated heterocycles. The highest BCUT2D eigenvalue weighted by Gasteiger charge is 2.12. The highest BCUT2D eigenvalue weighted by molar-refractivity contribution is 14.0. The zero-order chi connectivity index (χ0) is 17.2. The van der Waals surface area contributed by atoms with Crippen molar-refractivity contribution in [3.05, 3.63) is 0 Å². The van der Waals surface area contributed by atoms with E-state index in [4.69, 9.17) is 0 Å². The molecule has 0 aliphatic rings. The molecule has 0 aliphatic heterocycles. The molecule has 0 aromatic heterocycles. The molecular weight excluding hydrogens is 401 g/mol. The Morgan fingerprint density at radius 1 is 0.957 bits per heavy atom. The Bertz CT molecular complexity index is 303. The third-order valence-corrected chi connectivity index (χ3v) is 3.51. The number of nitrogens with zero attached hydrogens (tertiary/aromatic N) is 2. The summed E-state index contributed by atoms with van der Waals surface area (Å²) in [4.78, 5) is 6.78. The number of rotatable bonds is 9. The van der Waals surface area contributed by atoms with Gasteiger partial charge in [-0.05, 0) is 54.9 Å². The Labute approximate surface area is 161 Å². The summed E-state index contributed by atoms with van der Waals surface area (Å²) in [7, 11) is 1.82. The van der Waals surface area contributed by atoms with E-state index < -0.39 is 0 Å². The van der Waals surface area contributed by atoms with Crippen molar-refractivity contribution < 1.29 is 0 Å². The second-order valence-electron chi connectivity index (χ2n) is 7.38. The van der Waals surface area contributed by atoms with E-state index in [9.17, 15) is 0 Å². The van der Waals surface area contributed by atoms with Gasteiger partial charge in [0.2, 0.25) is 0 Å². The standard InChI is InChI=1S/C17H39N5.HI/c1-14(2)22(15(3)4)13-9-10-19-16(18-8)20-11-12-21-17(5,6)7;/h14-15,21H,9-13H2,1-8H3,(H2,18,19,20);1H. The smallest absolute Gasteiger partial charge is 0.191 e. The van der Waals surface area contributed by atoms with Crippen LogP contribution in [0.4, 0.5) is 0 Å². The van der Waals surface area contributed by atoms with Gasteiger partial charge in [-0.3, -0.25) is 9.89 Å². The molecule has 0 bridgehead atoms. The third kappa shape index (κ3) is 14.0. The first-order chi connectivity index (χ1) is 10.2. The molecule has 6 heteroatoms. The fourth-order valence-corrected chi connectivity index (χ4v) is 2.42. The quantitative estimate of drug-likeness (QED) is 0.223. The predicted molar refractivity (Wildman–Crippen MR) is 114 cm³/mol. The molecule has 0 atom stereocenters. The van der Waals surface area contributed by atoms with Crippen LogP contribution in [-0.4, -0.2) is 61.7 Å². The molecule has 0 fully saturated rings. The minimum atomic E-state index is 0. The lowest BCUT2D eigenvalue weighted by Crippen LogP contribution is -2.45. The van der Waals surface area contributed by atoms with Crippen molar-refractivity contribution in [1.82, 2.24) is 20.9 Å². The Morgan fingerprint density at radius 3 is 1.91 bits per heavy atom. The molecule has 0 rings (SSSR count). The first-order valence-electron chi connectivity index (χ1n) is 8.62. The SMILES string of the molecule is CN=C(NCCCN(C(C)C)C(C)C)NCCNC(C)(C)C.I. The van der Waals surface area contributed by atoms with E-state index in [2.05, 4.69) is 74.3 Å². The summed E-state index contributed by atoms with van der Waals surface area (Å²) in [5, 5.41) is 10.2. The van der Waals surface area contributed by atoms with E-state index in [0.717, 1.165) is 38.6 Å². The van der Waals surface area contributed by atoms with Crippen molar-refractivity contribution in [1.29, 1.82) is 0 Å². The zero-order valence-electron chi connectivity index (χ0n) is 16.5. The third-order valence-electron chi connectivity index (χ3n) is 3.51. The van der Waals surface area contributed by atoms with E-state index in [-0.39, 0.29) is 29.5 Å². The molecule has 5 nitrogen and oxygen atoms in total. The Kier molecular flexibility index (Phi) is 14.5. The van der Waals surface area contributed by atoms with Crippen molar-refractivity contribution in [2.75, 3.05) is 33.2 Å². The summed E-state index contributed by atoms with van der Waals surface area (Å²) in [6, 6.07) is 1.20. The van der Waals surface area contributed by atoms with Crippen molar-refractivity contribution in [3.63, 3.8) is 0 Å². The topological polar surface area (TPSA) is 51.7 Å². The van der Waals surface area contributed by atoms with Crippen LogP contribution >= 0.6 is 24.0 Å². The Balaban J connectivity index is 0. The summed E-state index contributed by atoms with van der Waals surface area (Å²) in [6.07, 6.45) is 1.12. The number of halogens is 1. The zero-order valence-corrected chi connectivity index (χ0v) is 18.8. The van der Waals surface area contributed by atoms with Crippen LogP contribution in [0.5, 0.6) is 0 Å². The molecule has 3 N–H and O–H groups in total. The molecule has 0 amide bonds. The normalized spacial score (nSPS) is 12.7. The maximum Gasteiger partial charge on any atom is 0.191 e. The Hall–Kier alpha value is -0.0800. The monoisotopic (exact) mass is 441 g/mol. The fourth-order valence-electron chi connectivity index (χ4n) is 2.42. The van der Waals surface area contributed by atoms with Crippen LogP contribution in [0.3, 0.4) is 0 Å². The van der Waals surface area contributed by atoms with Gasteiger partial charge in [0.05, 0.1) is 0 Å². The average molecular weight is 441 g/mol. The lowest BCUT2D eigenvalue weighted by Gasteiger charge is -2.30. The number of aliphatic imine (C=N–C) groups is 1. The van der Waals surface area contributed by atoms with Gasteiger partial charge in [-0.1, -0.05) is 0 Å². The molecular formula is C17H40IN5. The second kappa shape index (κ2) is 13.2. The minimum Gasteiger partial charge on any atom is -0.356 e. The summed E-state index contributed by atoms with van der Waals surface area (Å²) >= 11 is 0. The van der Waals surface area contributed by atoms with E-state index in [1.54, 1.807) is 0 Å². The molecule has 0 aliphatic carbocycles. The Morgan fingerprint density at radius 2 is 1.48 bits per heavy atom. The van der Waals surface area contributed by atoms with Gasteiger partial charge < -0.3 is 16.0 Å². The first-order valence-corrected chi connectivity index (χ1v) is 8.62. The van der Waals surface area contributed by atoms with E-state index in [1.165, 1.54) is 0 Å². The predicted octanol–water partition coefficient (Wildman–Crippen LogP) is 2.67. The van der Waals surface area contributed by atoms with Crippen LogP contribution in [0, 0.1) is 0 Å². The van der Waals surface area contributed by atoms with Gasteiger partial charge in [-0.2, -0.15) is 0 Å². The second-order valence-corrected chi connectivity index (χ2v) is 7.38. The maximum atomic E-state index is 4.26. The van der Waals surface area contributed by atoms with Gasteiger partial charge in [0.1, 0.15) is 0 Å². The van der Waals surface area contributed by atoms with E-state index >= 15 is 0 Å². The first kappa shape index (κ1) is 25.2. The lowest BCUT2D eigenvalue weighted by molar-refractivity contribution is 0.173. The number of hydrogen-bond acceptors (Lipinski definition) is 3. The van der Waals surface area contributed by atoms with Gasteiger partial charge in [-0.25, -0.2) is 0 Å². The molecule has 23 heavy (non-hydrogen) atoms. The summed E-state index contributed by atoms with van der Waals surface area (Å²) < 4.78 is 0. The van der Waals surface area contributed by atoms with Crippen molar-refractivity contribution in [3.8, 4) is 0 Å². The minimum absolute atomic E-state index is 0. The van der Waals surface area contributed by atoms with E-state index in [0.29, 0.717) is 12.1 Å². The van der Waals surface area contributed by atoms with Crippen LogP contribution in [0.25, 0.3) is 0 Å². The maximum absolute atomic E-state index is 4.26. The van der Waals surface area contributed by atoms with Gasteiger partial charge in [0.25, 0.3) is 0 Å². The van der Waals surface area contributed by atoms with Gasteiger partial charge in [0.15, 0.2) is 5.96 Å². The van der Waals surface area contributed by atoms with Crippen LogP contribution in [0.15, 0.2) is 4.99 Å². The highest BCUT2D eigenvalue weighted by atomic mass is 127. The molecule has 0 aromatic carbocycles. The van der Waals surface area contributed by atoms with Crippen LogP contribution in [0.2, 0.25) is 0 Å². The summed E-state index contributed by atoms with van der Waals surface area (Å²) in [5.41, 5.74) is 0.162. The number of guanidine groups is 1. The molecule has 0 unspecified atom stereocenters. The largest absolute Gasteiger partial charge is 0.356 e. The van der Waals surface area contributed by atoms with Crippen LogP contribution in [-0.2, 0) is 0 Å². The van der Waals surface area contributed by atoms with Crippen molar-refractivity contribution in [2.45, 2.75) is 72.5 Å². The highest BCUT2D eigenvalue weighted by Crippen LogP contribution is 2.05. The number of nitrogens with one attached hydrogen (secondary N) is 3. The van der Waals surface area contributed by atoms with Crippen molar-refractivity contribution in [2.24, 2.45) is 4.99 Å². The van der Waals surface area contributed by atoms with Crippen LogP contribution < -0.4 is 16.0 Å². The average Bonchev–Trinajstić information content (AvgIpc) is 2.38. The lowest BCUT2D eigenvalue weighted by atomic mass is 10.1. The van der Waals surface area contributed by atoms with Gasteiger partial charge in [0, 0.05) is 50.8 Å². The van der Waals surface area contributed by atoms with Crippen LogP contribution in [0.1, 0.15) is 54.9 Å². The summed E-state index contributed by atoms with van der Waals surface area (Å²) in [5.74, 6) is 0.886. The molecule has 0 aromatic rings. The van der Waals surface area contributed by atoms with E-state index in [1.807, 2.05) is 7.05 Å². The number of hydrogen-bond donors (Lipinski definition) is 3. The molecule has 0 spiro atoms.